The van der Waals surface area contributed by atoms with Gasteiger partial charge < -0.3 is 19.3 Å². The van der Waals surface area contributed by atoms with Crippen molar-refractivity contribution in [3.05, 3.63) is 58.0 Å². The van der Waals surface area contributed by atoms with E-state index >= 15 is 0 Å². The third-order valence-electron chi connectivity index (χ3n) is 4.05. The molecule has 0 fully saturated rings. The van der Waals surface area contributed by atoms with Crippen molar-refractivity contribution in [2.75, 3.05) is 19.5 Å². The minimum Gasteiger partial charge on any atom is -0.497 e. The zero-order valence-corrected chi connectivity index (χ0v) is 15.1. The van der Waals surface area contributed by atoms with Crippen molar-refractivity contribution in [1.82, 2.24) is 10.1 Å². The molecule has 0 aliphatic heterocycles. The highest BCUT2D eigenvalue weighted by Gasteiger charge is 2.16. The molecule has 0 unspecified atom stereocenters. The lowest BCUT2D eigenvalue weighted by atomic mass is 10.1. The molecule has 9 heteroatoms. The Morgan fingerprint density at radius 3 is 2.74 bits per heavy atom. The maximum absolute atomic E-state index is 11.0. The molecule has 27 heavy (non-hydrogen) atoms. The second-order valence-corrected chi connectivity index (χ2v) is 5.64. The lowest BCUT2D eigenvalue weighted by Gasteiger charge is -2.07. The highest BCUT2D eigenvalue weighted by atomic mass is 16.6. The molecule has 0 saturated carbocycles. The number of aromatic nitrogens is 2. The summed E-state index contributed by atoms with van der Waals surface area (Å²) in [6.07, 6.45) is 0. The minimum absolute atomic E-state index is 0.0502. The number of rotatable bonds is 7. The van der Waals surface area contributed by atoms with E-state index < -0.39 is 4.92 Å². The number of benzene rings is 2. The predicted octanol–water partition coefficient (Wildman–Crippen LogP) is 3.58. The van der Waals surface area contributed by atoms with Crippen molar-refractivity contribution in [3.63, 3.8) is 0 Å². The monoisotopic (exact) mass is 370 g/mol. The van der Waals surface area contributed by atoms with Crippen LogP contribution in [0.2, 0.25) is 0 Å². The SMILES string of the molecule is COc1ccc(-c2noc(CNc3cccc([N+](=O)[O-])c3C)n2)c(OC)c1. The quantitative estimate of drug-likeness (QED) is 0.496. The number of methoxy groups -OCH3 is 2. The zero-order valence-electron chi connectivity index (χ0n) is 15.1. The van der Waals surface area contributed by atoms with Crippen molar-refractivity contribution in [3.8, 4) is 22.9 Å². The molecule has 0 saturated heterocycles. The van der Waals surface area contributed by atoms with Gasteiger partial charge in [0.05, 0.1) is 31.3 Å². The summed E-state index contributed by atoms with van der Waals surface area (Å²) >= 11 is 0. The zero-order chi connectivity index (χ0) is 19.4. The van der Waals surface area contributed by atoms with Gasteiger partial charge in [0.2, 0.25) is 11.7 Å². The smallest absolute Gasteiger partial charge is 0.274 e. The molecule has 1 aromatic heterocycles. The summed E-state index contributed by atoms with van der Waals surface area (Å²) in [5.41, 5.74) is 1.89. The first-order chi connectivity index (χ1) is 13.0. The number of hydrogen-bond acceptors (Lipinski definition) is 8. The molecule has 0 bridgehead atoms. The van der Waals surface area contributed by atoms with Crippen LogP contribution in [-0.4, -0.2) is 29.3 Å². The first-order valence-corrected chi connectivity index (χ1v) is 8.06. The number of nitro groups is 1. The van der Waals surface area contributed by atoms with E-state index in [1.807, 2.05) is 0 Å². The first kappa shape index (κ1) is 18.2. The molecule has 0 aliphatic carbocycles. The van der Waals surface area contributed by atoms with Crippen LogP contribution >= 0.6 is 0 Å². The van der Waals surface area contributed by atoms with Crippen molar-refractivity contribution < 1.29 is 18.9 Å². The number of nitrogens with one attached hydrogen (secondary N) is 1. The Morgan fingerprint density at radius 2 is 2.04 bits per heavy atom. The number of anilines is 1. The Balaban J connectivity index is 1.78. The van der Waals surface area contributed by atoms with Crippen LogP contribution in [0.4, 0.5) is 11.4 Å². The molecule has 0 amide bonds. The molecule has 9 nitrogen and oxygen atoms in total. The van der Waals surface area contributed by atoms with Crippen LogP contribution in [0.25, 0.3) is 11.4 Å². The van der Waals surface area contributed by atoms with E-state index in [1.54, 1.807) is 51.5 Å². The molecule has 3 rings (SSSR count). The fourth-order valence-electron chi connectivity index (χ4n) is 2.60. The fourth-order valence-corrected chi connectivity index (χ4v) is 2.60. The maximum Gasteiger partial charge on any atom is 0.274 e. The van der Waals surface area contributed by atoms with Crippen LogP contribution in [0.5, 0.6) is 11.5 Å². The van der Waals surface area contributed by atoms with Crippen LogP contribution in [0.15, 0.2) is 40.9 Å². The molecule has 0 atom stereocenters. The highest BCUT2D eigenvalue weighted by Crippen LogP contribution is 2.31. The minimum atomic E-state index is -0.415. The predicted molar refractivity (Wildman–Crippen MR) is 98.0 cm³/mol. The molecule has 1 heterocycles. The number of hydrogen-bond donors (Lipinski definition) is 1. The third-order valence-corrected chi connectivity index (χ3v) is 4.05. The van der Waals surface area contributed by atoms with Crippen LogP contribution in [0.1, 0.15) is 11.5 Å². The lowest BCUT2D eigenvalue weighted by Crippen LogP contribution is -2.03. The van der Waals surface area contributed by atoms with Gasteiger partial charge >= 0.3 is 0 Å². The van der Waals surface area contributed by atoms with Gasteiger partial charge in [-0.2, -0.15) is 4.98 Å². The highest BCUT2D eigenvalue weighted by molar-refractivity contribution is 5.65. The van der Waals surface area contributed by atoms with E-state index in [4.69, 9.17) is 14.0 Å². The summed E-state index contributed by atoms with van der Waals surface area (Å²) in [6, 6.07) is 10.1. The summed E-state index contributed by atoms with van der Waals surface area (Å²) in [5.74, 6) is 1.93. The molecule has 0 aliphatic rings. The second kappa shape index (κ2) is 7.73. The van der Waals surface area contributed by atoms with E-state index in [0.717, 1.165) is 0 Å². The third kappa shape index (κ3) is 3.81. The Bertz CT molecular complexity index is 970. The number of nitrogens with zero attached hydrogens (tertiary/aromatic N) is 3. The summed E-state index contributed by atoms with van der Waals surface area (Å²) in [4.78, 5) is 15.0. The van der Waals surface area contributed by atoms with E-state index in [9.17, 15) is 10.1 Å². The maximum atomic E-state index is 11.0. The van der Waals surface area contributed by atoms with Crippen LogP contribution in [-0.2, 0) is 6.54 Å². The Labute approximate surface area is 155 Å². The molecule has 3 aromatic rings. The number of nitro benzene ring substituents is 1. The topological polar surface area (TPSA) is 113 Å². The molecular formula is C18H18N4O5. The van der Waals surface area contributed by atoms with Crippen LogP contribution in [0.3, 0.4) is 0 Å². The van der Waals surface area contributed by atoms with Gasteiger partial charge in [-0.25, -0.2) is 0 Å². The van der Waals surface area contributed by atoms with Gasteiger partial charge in [0.15, 0.2) is 0 Å². The average molecular weight is 370 g/mol. The number of ether oxygens (including phenoxy) is 2. The van der Waals surface area contributed by atoms with Gasteiger partial charge in [-0.05, 0) is 25.1 Å². The normalized spacial score (nSPS) is 10.5. The summed E-state index contributed by atoms with van der Waals surface area (Å²) in [6.45, 7) is 1.91. The van der Waals surface area contributed by atoms with Crippen molar-refractivity contribution in [1.29, 1.82) is 0 Å². The summed E-state index contributed by atoms with van der Waals surface area (Å²) in [7, 11) is 3.12. The fraction of sp³-hybridized carbons (Fsp3) is 0.222. The largest absolute Gasteiger partial charge is 0.497 e. The molecule has 0 radical (unpaired) electrons. The van der Waals surface area contributed by atoms with Crippen LogP contribution in [0, 0.1) is 17.0 Å². The van der Waals surface area contributed by atoms with E-state index in [1.165, 1.54) is 6.07 Å². The van der Waals surface area contributed by atoms with Gasteiger partial charge in [-0.3, -0.25) is 10.1 Å². The summed E-state index contributed by atoms with van der Waals surface area (Å²) < 4.78 is 15.8. The Morgan fingerprint density at radius 1 is 1.22 bits per heavy atom. The molecule has 2 aromatic carbocycles. The Kier molecular flexibility index (Phi) is 5.20. The van der Waals surface area contributed by atoms with Crippen molar-refractivity contribution in [2.24, 2.45) is 0 Å². The molecular weight excluding hydrogens is 352 g/mol. The van der Waals surface area contributed by atoms with Crippen molar-refractivity contribution in [2.45, 2.75) is 13.5 Å². The first-order valence-electron chi connectivity index (χ1n) is 8.06. The van der Waals surface area contributed by atoms with E-state index in [0.29, 0.717) is 40.0 Å². The average Bonchev–Trinajstić information content (AvgIpc) is 3.15. The molecule has 1 N–H and O–H groups in total. The van der Waals surface area contributed by atoms with E-state index in [2.05, 4.69) is 15.5 Å². The standard InChI is InChI=1S/C18H18N4O5/c1-11-14(5-4-6-15(11)22(23)24)19-10-17-20-18(21-27-17)13-8-7-12(25-2)9-16(13)26-3/h4-9,19H,10H2,1-3H3. The van der Waals surface area contributed by atoms with Gasteiger partial charge in [0, 0.05) is 23.4 Å². The van der Waals surface area contributed by atoms with E-state index in [-0.39, 0.29) is 12.2 Å². The van der Waals surface area contributed by atoms with Gasteiger partial charge in [-0.1, -0.05) is 11.2 Å². The van der Waals surface area contributed by atoms with Gasteiger partial charge in [-0.15, -0.1) is 0 Å². The van der Waals surface area contributed by atoms with Gasteiger partial charge in [0.1, 0.15) is 11.5 Å². The Hall–Kier alpha value is -3.62. The second-order valence-electron chi connectivity index (χ2n) is 5.64. The summed E-state index contributed by atoms with van der Waals surface area (Å²) in [5, 5.41) is 18.1. The van der Waals surface area contributed by atoms with Gasteiger partial charge in [0.25, 0.3) is 5.69 Å². The van der Waals surface area contributed by atoms with Crippen molar-refractivity contribution >= 4 is 11.4 Å². The lowest BCUT2D eigenvalue weighted by molar-refractivity contribution is -0.385. The molecule has 140 valence electrons. The molecule has 0 spiro atoms. The van der Waals surface area contributed by atoms with Crippen LogP contribution < -0.4 is 14.8 Å².